The maximum atomic E-state index is 5.56. The molecule has 0 atom stereocenters. The fraction of sp³-hybridized carbons (Fsp3) is 0.160. The zero-order valence-electron chi connectivity index (χ0n) is 17.3. The summed E-state index contributed by atoms with van der Waals surface area (Å²) in [6.07, 6.45) is 4.14. The Hall–Kier alpha value is -3.57. The molecule has 3 aromatic carbocycles. The SMILES string of the molecule is COCOc1ccc(-c2ccc3c(/C=C/c4ccccc4)nn(C)c3c2)cc1OC. The van der Waals surface area contributed by atoms with E-state index in [9.17, 15) is 0 Å². The highest BCUT2D eigenvalue weighted by atomic mass is 16.7. The third-order valence-corrected chi connectivity index (χ3v) is 4.94. The van der Waals surface area contributed by atoms with E-state index in [1.807, 2.05) is 48.1 Å². The molecule has 0 aliphatic carbocycles. The minimum atomic E-state index is 0.177. The zero-order chi connectivity index (χ0) is 20.9. The summed E-state index contributed by atoms with van der Waals surface area (Å²) < 4.78 is 17.9. The van der Waals surface area contributed by atoms with E-state index in [0.717, 1.165) is 33.3 Å². The molecule has 0 bridgehead atoms. The predicted molar refractivity (Wildman–Crippen MR) is 121 cm³/mol. The van der Waals surface area contributed by atoms with Gasteiger partial charge in [0.2, 0.25) is 0 Å². The Morgan fingerprint density at radius 1 is 0.867 bits per heavy atom. The van der Waals surface area contributed by atoms with E-state index in [1.54, 1.807) is 14.2 Å². The summed E-state index contributed by atoms with van der Waals surface area (Å²) in [4.78, 5) is 0. The maximum Gasteiger partial charge on any atom is 0.188 e. The number of aryl methyl sites for hydroxylation is 1. The summed E-state index contributed by atoms with van der Waals surface area (Å²) >= 11 is 0. The Morgan fingerprint density at radius 2 is 1.63 bits per heavy atom. The van der Waals surface area contributed by atoms with Gasteiger partial charge in [-0.2, -0.15) is 5.10 Å². The molecule has 0 aliphatic heterocycles. The zero-order valence-corrected chi connectivity index (χ0v) is 17.3. The maximum absolute atomic E-state index is 5.56. The quantitative estimate of drug-likeness (QED) is 0.390. The second-order valence-corrected chi connectivity index (χ2v) is 6.90. The summed E-state index contributed by atoms with van der Waals surface area (Å²) in [7, 11) is 5.19. The van der Waals surface area contributed by atoms with Crippen molar-refractivity contribution in [1.82, 2.24) is 9.78 Å². The van der Waals surface area contributed by atoms with Gasteiger partial charge in [0.15, 0.2) is 18.3 Å². The Balaban J connectivity index is 1.67. The van der Waals surface area contributed by atoms with Crippen LogP contribution in [0.1, 0.15) is 11.3 Å². The molecule has 0 fully saturated rings. The van der Waals surface area contributed by atoms with Crippen LogP contribution < -0.4 is 9.47 Å². The summed E-state index contributed by atoms with van der Waals surface area (Å²) in [5, 5.41) is 5.80. The smallest absolute Gasteiger partial charge is 0.188 e. The van der Waals surface area contributed by atoms with Crippen LogP contribution >= 0.6 is 0 Å². The number of rotatable bonds is 7. The summed E-state index contributed by atoms with van der Waals surface area (Å²) in [6, 6.07) is 22.5. The van der Waals surface area contributed by atoms with Gasteiger partial charge >= 0.3 is 0 Å². The standard InChI is InChI=1S/C25H24N2O3/c1-27-23-15-19(20-11-14-24(30-17-28-2)25(16-20)29-3)10-12-21(23)22(26-27)13-9-18-7-5-4-6-8-18/h4-16H,17H2,1-3H3/b13-9+. The number of benzene rings is 3. The fourth-order valence-corrected chi connectivity index (χ4v) is 3.42. The first kappa shape index (κ1) is 19.7. The number of ether oxygens (including phenoxy) is 3. The van der Waals surface area contributed by atoms with Gasteiger partial charge in [-0.05, 0) is 47.0 Å². The minimum absolute atomic E-state index is 0.177. The van der Waals surface area contributed by atoms with Crippen LogP contribution in [-0.4, -0.2) is 30.8 Å². The van der Waals surface area contributed by atoms with Crippen molar-refractivity contribution in [3.8, 4) is 22.6 Å². The van der Waals surface area contributed by atoms with Gasteiger partial charge in [0.05, 0.1) is 18.3 Å². The lowest BCUT2D eigenvalue weighted by Crippen LogP contribution is -2.00. The molecule has 4 aromatic rings. The average molecular weight is 400 g/mol. The topological polar surface area (TPSA) is 45.5 Å². The van der Waals surface area contributed by atoms with E-state index in [4.69, 9.17) is 19.3 Å². The molecule has 0 spiro atoms. The van der Waals surface area contributed by atoms with Crippen LogP contribution in [0.5, 0.6) is 11.5 Å². The molecular formula is C25H24N2O3. The number of aromatic nitrogens is 2. The number of hydrogen-bond donors (Lipinski definition) is 0. The van der Waals surface area contributed by atoms with Crippen LogP contribution in [-0.2, 0) is 11.8 Å². The van der Waals surface area contributed by atoms with Gasteiger partial charge in [0.25, 0.3) is 0 Å². The third kappa shape index (κ3) is 4.07. The first-order valence-electron chi connectivity index (χ1n) is 9.69. The van der Waals surface area contributed by atoms with Crippen LogP contribution in [0, 0.1) is 0 Å². The molecule has 5 heteroatoms. The van der Waals surface area contributed by atoms with Crippen molar-refractivity contribution >= 4 is 23.1 Å². The molecule has 0 amide bonds. The minimum Gasteiger partial charge on any atom is -0.493 e. The molecule has 0 radical (unpaired) electrons. The summed E-state index contributed by atoms with van der Waals surface area (Å²) in [5.41, 5.74) is 5.29. The molecule has 0 N–H and O–H groups in total. The lowest BCUT2D eigenvalue weighted by atomic mass is 10.0. The molecule has 1 heterocycles. The van der Waals surface area contributed by atoms with Crippen LogP contribution in [0.2, 0.25) is 0 Å². The highest BCUT2D eigenvalue weighted by Gasteiger charge is 2.11. The van der Waals surface area contributed by atoms with Crippen molar-refractivity contribution in [3.05, 3.63) is 78.0 Å². The molecule has 4 rings (SSSR count). The van der Waals surface area contributed by atoms with Crippen molar-refractivity contribution in [2.24, 2.45) is 7.05 Å². The number of hydrogen-bond acceptors (Lipinski definition) is 4. The second-order valence-electron chi connectivity index (χ2n) is 6.90. The van der Waals surface area contributed by atoms with Gasteiger partial charge in [-0.1, -0.05) is 48.5 Å². The van der Waals surface area contributed by atoms with Gasteiger partial charge in [0.1, 0.15) is 0 Å². The molecule has 0 saturated heterocycles. The van der Waals surface area contributed by atoms with E-state index in [0.29, 0.717) is 11.5 Å². The molecule has 0 saturated carbocycles. The molecule has 5 nitrogen and oxygen atoms in total. The molecule has 0 aliphatic rings. The molecule has 0 unspecified atom stereocenters. The largest absolute Gasteiger partial charge is 0.493 e. The lowest BCUT2D eigenvalue weighted by Gasteiger charge is -2.12. The van der Waals surface area contributed by atoms with Gasteiger partial charge in [-0.25, -0.2) is 0 Å². The first-order chi connectivity index (χ1) is 14.7. The molecule has 30 heavy (non-hydrogen) atoms. The Kier molecular flexibility index (Phi) is 5.82. The van der Waals surface area contributed by atoms with Crippen molar-refractivity contribution in [2.45, 2.75) is 0 Å². The number of fused-ring (bicyclic) bond motifs is 1. The lowest BCUT2D eigenvalue weighted by molar-refractivity contribution is 0.0492. The van der Waals surface area contributed by atoms with Gasteiger partial charge in [-0.3, -0.25) is 4.68 Å². The Morgan fingerprint density at radius 3 is 2.40 bits per heavy atom. The highest BCUT2D eigenvalue weighted by Crippen LogP contribution is 2.34. The second kappa shape index (κ2) is 8.84. The first-order valence-corrected chi connectivity index (χ1v) is 9.69. The van der Waals surface area contributed by atoms with Crippen molar-refractivity contribution in [3.63, 3.8) is 0 Å². The van der Waals surface area contributed by atoms with Crippen molar-refractivity contribution in [1.29, 1.82) is 0 Å². The molecule has 152 valence electrons. The monoisotopic (exact) mass is 400 g/mol. The van der Waals surface area contributed by atoms with Crippen LogP contribution in [0.15, 0.2) is 66.7 Å². The van der Waals surface area contributed by atoms with Crippen molar-refractivity contribution < 1.29 is 14.2 Å². The van der Waals surface area contributed by atoms with E-state index in [1.165, 1.54) is 0 Å². The van der Waals surface area contributed by atoms with Gasteiger partial charge in [0, 0.05) is 19.5 Å². The van der Waals surface area contributed by atoms with Gasteiger partial charge in [-0.15, -0.1) is 0 Å². The number of methoxy groups -OCH3 is 2. The average Bonchev–Trinajstić information content (AvgIpc) is 3.11. The van der Waals surface area contributed by atoms with E-state index in [-0.39, 0.29) is 6.79 Å². The highest BCUT2D eigenvalue weighted by molar-refractivity contribution is 5.92. The summed E-state index contributed by atoms with van der Waals surface area (Å²) in [5.74, 6) is 1.32. The number of nitrogens with zero attached hydrogens (tertiary/aromatic N) is 2. The Labute approximate surface area is 176 Å². The third-order valence-electron chi connectivity index (χ3n) is 4.94. The van der Waals surface area contributed by atoms with E-state index >= 15 is 0 Å². The van der Waals surface area contributed by atoms with Crippen LogP contribution in [0.3, 0.4) is 0 Å². The van der Waals surface area contributed by atoms with E-state index < -0.39 is 0 Å². The van der Waals surface area contributed by atoms with E-state index in [2.05, 4.69) is 42.5 Å². The fourth-order valence-electron chi connectivity index (χ4n) is 3.42. The summed E-state index contributed by atoms with van der Waals surface area (Å²) in [6.45, 7) is 0.177. The van der Waals surface area contributed by atoms with Crippen LogP contribution in [0.25, 0.3) is 34.2 Å². The molecular weight excluding hydrogens is 376 g/mol. The van der Waals surface area contributed by atoms with Gasteiger partial charge < -0.3 is 14.2 Å². The normalized spacial score (nSPS) is 11.3. The molecule has 1 aromatic heterocycles. The van der Waals surface area contributed by atoms with Crippen LogP contribution in [0.4, 0.5) is 0 Å². The Bertz CT molecular complexity index is 1180. The predicted octanol–water partition coefficient (Wildman–Crippen LogP) is 5.40. The van der Waals surface area contributed by atoms with Crippen molar-refractivity contribution in [2.75, 3.05) is 21.0 Å².